The van der Waals surface area contributed by atoms with Crippen molar-refractivity contribution in [2.45, 2.75) is 13.0 Å². The van der Waals surface area contributed by atoms with E-state index in [1.54, 1.807) is 17.6 Å². The zero-order valence-corrected chi connectivity index (χ0v) is 11.1. The van der Waals surface area contributed by atoms with Crippen molar-refractivity contribution in [3.63, 3.8) is 0 Å². The largest absolute Gasteiger partial charge is 0.467 e. The zero-order chi connectivity index (χ0) is 14.0. The van der Waals surface area contributed by atoms with Crippen LogP contribution in [0.3, 0.4) is 0 Å². The Kier molecular flexibility index (Phi) is 3.55. The van der Waals surface area contributed by atoms with Gasteiger partial charge in [0.25, 0.3) is 5.91 Å². The Morgan fingerprint density at radius 3 is 2.63 bits per heavy atom. The van der Waals surface area contributed by atoms with Gasteiger partial charge in [-0.1, -0.05) is 18.2 Å². The number of aryl methyl sites for hydroxylation is 1. The fraction of sp³-hybridized carbons (Fsp3) is 0.286. The maximum Gasteiger partial charge on any atom is 0.328 e. The number of hydrogen-bond acceptors (Lipinski definition) is 3. The monoisotopic (exact) mass is 260 g/mol. The number of amides is 1. The van der Waals surface area contributed by atoms with Gasteiger partial charge in [0.05, 0.1) is 7.11 Å². The van der Waals surface area contributed by atoms with E-state index in [2.05, 4.69) is 10.1 Å². The highest BCUT2D eigenvalue weighted by atomic mass is 16.5. The fourth-order valence-corrected chi connectivity index (χ4v) is 2.01. The first-order chi connectivity index (χ1) is 9.04. The molecule has 2 rings (SSSR count). The Hall–Kier alpha value is -2.30. The summed E-state index contributed by atoms with van der Waals surface area (Å²) in [6.07, 6.45) is 0. The van der Waals surface area contributed by atoms with E-state index in [1.165, 1.54) is 7.11 Å². The van der Waals surface area contributed by atoms with Gasteiger partial charge >= 0.3 is 5.97 Å². The summed E-state index contributed by atoms with van der Waals surface area (Å²) < 4.78 is 6.38. The second kappa shape index (κ2) is 5.14. The van der Waals surface area contributed by atoms with Crippen LogP contribution in [0.1, 0.15) is 17.4 Å². The van der Waals surface area contributed by atoms with Crippen molar-refractivity contribution in [3.05, 3.63) is 36.0 Å². The molecule has 0 aliphatic carbocycles. The molecule has 0 saturated heterocycles. The maximum absolute atomic E-state index is 12.1. The summed E-state index contributed by atoms with van der Waals surface area (Å²) in [4.78, 5) is 23.4. The first-order valence-corrected chi connectivity index (χ1v) is 5.97. The highest BCUT2D eigenvalue weighted by Crippen LogP contribution is 2.18. The molecule has 100 valence electrons. The van der Waals surface area contributed by atoms with Gasteiger partial charge in [0.1, 0.15) is 11.7 Å². The maximum atomic E-state index is 12.1. The molecular weight excluding hydrogens is 244 g/mol. The molecule has 19 heavy (non-hydrogen) atoms. The molecule has 2 aromatic rings. The van der Waals surface area contributed by atoms with Crippen molar-refractivity contribution in [2.24, 2.45) is 7.05 Å². The second-order valence-electron chi connectivity index (χ2n) is 4.37. The van der Waals surface area contributed by atoms with Gasteiger partial charge in [-0.15, -0.1) is 0 Å². The van der Waals surface area contributed by atoms with Crippen molar-refractivity contribution in [2.75, 3.05) is 7.11 Å². The summed E-state index contributed by atoms with van der Waals surface area (Å²) in [6, 6.07) is 8.85. The Morgan fingerprint density at radius 2 is 2.00 bits per heavy atom. The Bertz CT molecular complexity index is 631. The average molecular weight is 260 g/mol. The molecule has 0 aliphatic rings. The van der Waals surface area contributed by atoms with Crippen molar-refractivity contribution in [3.8, 4) is 0 Å². The molecule has 5 nitrogen and oxygen atoms in total. The molecule has 0 aliphatic heterocycles. The van der Waals surface area contributed by atoms with E-state index < -0.39 is 12.0 Å². The highest BCUT2D eigenvalue weighted by molar-refractivity contribution is 6.00. The van der Waals surface area contributed by atoms with Crippen LogP contribution in [0.25, 0.3) is 10.9 Å². The smallest absolute Gasteiger partial charge is 0.328 e. The van der Waals surface area contributed by atoms with E-state index in [0.717, 1.165) is 10.9 Å². The van der Waals surface area contributed by atoms with Crippen LogP contribution in [-0.2, 0) is 16.6 Å². The second-order valence-corrected chi connectivity index (χ2v) is 4.37. The lowest BCUT2D eigenvalue weighted by Crippen LogP contribution is -2.39. The number of aromatic nitrogens is 1. The molecule has 1 aromatic heterocycles. The molecule has 0 unspecified atom stereocenters. The summed E-state index contributed by atoms with van der Waals surface area (Å²) in [7, 11) is 3.11. The number of para-hydroxylation sites is 1. The SMILES string of the molecule is COC(=O)[C@H](C)NC(=O)c1cc2ccccc2n1C. The van der Waals surface area contributed by atoms with Gasteiger partial charge < -0.3 is 14.6 Å². The number of carbonyl (C=O) groups is 2. The molecule has 1 N–H and O–H groups in total. The van der Waals surface area contributed by atoms with E-state index in [-0.39, 0.29) is 5.91 Å². The molecule has 0 spiro atoms. The van der Waals surface area contributed by atoms with E-state index >= 15 is 0 Å². The summed E-state index contributed by atoms with van der Waals surface area (Å²) in [5, 5.41) is 3.60. The van der Waals surface area contributed by atoms with E-state index in [9.17, 15) is 9.59 Å². The summed E-state index contributed by atoms with van der Waals surface area (Å²) >= 11 is 0. The zero-order valence-electron chi connectivity index (χ0n) is 11.1. The standard InChI is InChI=1S/C14H16N2O3/c1-9(14(18)19-3)15-13(17)12-8-10-6-4-5-7-11(10)16(12)2/h4-9H,1-3H3,(H,15,17)/t9-/m0/s1. The van der Waals surface area contributed by atoms with Crippen LogP contribution in [0.5, 0.6) is 0 Å². The van der Waals surface area contributed by atoms with Gasteiger partial charge in [0.2, 0.25) is 0 Å². The van der Waals surface area contributed by atoms with Crippen LogP contribution in [0, 0.1) is 0 Å². The summed E-state index contributed by atoms with van der Waals surface area (Å²) in [5.74, 6) is -0.760. The number of carbonyl (C=O) groups excluding carboxylic acids is 2. The number of ether oxygens (including phenoxy) is 1. The normalized spacial score (nSPS) is 12.2. The van der Waals surface area contributed by atoms with Crippen molar-refractivity contribution >= 4 is 22.8 Å². The van der Waals surface area contributed by atoms with Crippen LogP contribution in [0.4, 0.5) is 0 Å². The van der Waals surface area contributed by atoms with Crippen molar-refractivity contribution < 1.29 is 14.3 Å². The number of esters is 1. The van der Waals surface area contributed by atoms with Crippen LogP contribution >= 0.6 is 0 Å². The quantitative estimate of drug-likeness (QED) is 0.850. The number of nitrogens with zero attached hydrogens (tertiary/aromatic N) is 1. The lowest BCUT2D eigenvalue weighted by atomic mass is 10.2. The molecule has 5 heteroatoms. The number of hydrogen-bond donors (Lipinski definition) is 1. The summed E-state index contributed by atoms with van der Waals surface area (Å²) in [6.45, 7) is 1.59. The average Bonchev–Trinajstić information content (AvgIpc) is 2.75. The third-order valence-electron chi connectivity index (χ3n) is 3.09. The van der Waals surface area contributed by atoms with Gasteiger partial charge in [-0.2, -0.15) is 0 Å². The molecule has 0 radical (unpaired) electrons. The number of fused-ring (bicyclic) bond motifs is 1. The van der Waals surface area contributed by atoms with E-state index in [0.29, 0.717) is 5.69 Å². The van der Waals surface area contributed by atoms with Gasteiger partial charge in [0, 0.05) is 18.0 Å². The predicted molar refractivity (Wildman–Crippen MR) is 71.9 cm³/mol. The number of benzene rings is 1. The van der Waals surface area contributed by atoms with Crippen LogP contribution in [0.2, 0.25) is 0 Å². The van der Waals surface area contributed by atoms with Crippen LogP contribution in [0.15, 0.2) is 30.3 Å². The summed E-state index contributed by atoms with van der Waals surface area (Å²) in [5.41, 5.74) is 1.48. The lowest BCUT2D eigenvalue weighted by molar-refractivity contribution is -0.142. The third kappa shape index (κ3) is 2.45. The molecule has 1 heterocycles. The van der Waals surface area contributed by atoms with E-state index in [1.807, 2.05) is 31.3 Å². The van der Waals surface area contributed by atoms with Gasteiger partial charge in [-0.25, -0.2) is 4.79 Å². The predicted octanol–water partition coefficient (Wildman–Crippen LogP) is 1.47. The molecular formula is C14H16N2O3. The minimum Gasteiger partial charge on any atom is -0.467 e. The molecule has 0 fully saturated rings. The van der Waals surface area contributed by atoms with Crippen LogP contribution < -0.4 is 5.32 Å². The minimum atomic E-state index is -0.671. The minimum absolute atomic E-state index is 0.295. The van der Waals surface area contributed by atoms with E-state index in [4.69, 9.17) is 0 Å². The van der Waals surface area contributed by atoms with Crippen molar-refractivity contribution in [1.29, 1.82) is 0 Å². The van der Waals surface area contributed by atoms with Crippen molar-refractivity contribution in [1.82, 2.24) is 9.88 Å². The Labute approximate surface area is 111 Å². The van der Waals surface area contributed by atoms with Gasteiger partial charge in [-0.3, -0.25) is 4.79 Å². The molecule has 1 aromatic carbocycles. The van der Waals surface area contributed by atoms with Gasteiger partial charge in [-0.05, 0) is 19.1 Å². The number of nitrogens with one attached hydrogen (secondary N) is 1. The Balaban J connectivity index is 2.27. The Morgan fingerprint density at radius 1 is 1.32 bits per heavy atom. The van der Waals surface area contributed by atoms with Gasteiger partial charge in [0.15, 0.2) is 0 Å². The molecule has 1 amide bonds. The molecule has 0 bridgehead atoms. The first-order valence-electron chi connectivity index (χ1n) is 5.97. The van der Waals surface area contributed by atoms with Crippen LogP contribution in [-0.4, -0.2) is 29.6 Å². The fourth-order valence-electron chi connectivity index (χ4n) is 2.01. The third-order valence-corrected chi connectivity index (χ3v) is 3.09. The number of methoxy groups -OCH3 is 1. The molecule has 0 saturated carbocycles. The number of rotatable bonds is 3. The highest BCUT2D eigenvalue weighted by Gasteiger charge is 2.19. The molecule has 1 atom stereocenters. The first kappa shape index (κ1) is 13.1. The topological polar surface area (TPSA) is 60.3 Å². The lowest BCUT2D eigenvalue weighted by Gasteiger charge is -2.11.